The number of aryl methyl sites for hydroxylation is 1. The average molecular weight is 430 g/mol. The van der Waals surface area contributed by atoms with Crippen LogP contribution in [-0.4, -0.2) is 22.4 Å². The molecular formula is C24H23N5OS. The number of hydrogen-bond acceptors (Lipinski definition) is 6. The number of thiophene rings is 1. The third-order valence-electron chi connectivity index (χ3n) is 5.59. The first kappa shape index (κ1) is 19.5. The molecule has 0 saturated heterocycles. The number of aromatic nitrogens is 2. The molecule has 2 aromatic carbocycles. The molecule has 2 aromatic heterocycles. The number of anilines is 2. The van der Waals surface area contributed by atoms with Gasteiger partial charge in [0, 0.05) is 39.2 Å². The fourth-order valence-corrected chi connectivity index (χ4v) is 5.26. The van der Waals surface area contributed by atoms with Gasteiger partial charge in [-0.3, -0.25) is 4.79 Å². The van der Waals surface area contributed by atoms with Crippen molar-refractivity contribution in [2.24, 2.45) is 5.73 Å². The third-order valence-corrected chi connectivity index (χ3v) is 6.74. The summed E-state index contributed by atoms with van der Waals surface area (Å²) in [5.41, 5.74) is 9.42. The van der Waals surface area contributed by atoms with Gasteiger partial charge in [0.15, 0.2) is 5.82 Å². The Morgan fingerprint density at radius 1 is 1.16 bits per heavy atom. The molecule has 1 aliphatic heterocycles. The topological polar surface area (TPSA) is 92.9 Å². The van der Waals surface area contributed by atoms with Gasteiger partial charge in [0.2, 0.25) is 5.91 Å². The van der Waals surface area contributed by atoms with Crippen LogP contribution in [-0.2, 0) is 13.0 Å². The number of primary amides is 1. The molecule has 0 fully saturated rings. The maximum atomic E-state index is 11.9. The highest BCUT2D eigenvalue weighted by atomic mass is 32.1. The van der Waals surface area contributed by atoms with Crippen molar-refractivity contribution >= 4 is 39.0 Å². The van der Waals surface area contributed by atoms with Crippen LogP contribution in [0.4, 0.5) is 11.6 Å². The Kier molecular flexibility index (Phi) is 5.03. The van der Waals surface area contributed by atoms with E-state index in [9.17, 15) is 4.79 Å². The number of nitrogens with one attached hydrogen (secondary N) is 2. The van der Waals surface area contributed by atoms with Crippen molar-refractivity contribution in [2.75, 3.05) is 17.2 Å². The van der Waals surface area contributed by atoms with E-state index in [1.165, 1.54) is 5.56 Å². The van der Waals surface area contributed by atoms with E-state index in [1.54, 1.807) is 17.4 Å². The molecule has 1 aliphatic rings. The first-order valence-corrected chi connectivity index (χ1v) is 11.2. The van der Waals surface area contributed by atoms with Gasteiger partial charge in [0.1, 0.15) is 11.6 Å². The van der Waals surface area contributed by atoms with Gasteiger partial charge in [0.25, 0.3) is 0 Å². The second-order valence-corrected chi connectivity index (χ2v) is 8.90. The molecular weight excluding hydrogens is 406 g/mol. The zero-order valence-electron chi connectivity index (χ0n) is 17.2. The van der Waals surface area contributed by atoms with Crippen LogP contribution in [0.15, 0.2) is 48.5 Å². The summed E-state index contributed by atoms with van der Waals surface area (Å²) in [5.74, 6) is 1.99. The number of benzene rings is 2. The predicted molar refractivity (Wildman–Crippen MR) is 127 cm³/mol. The summed E-state index contributed by atoms with van der Waals surface area (Å²) in [4.78, 5) is 22.8. The molecule has 0 spiro atoms. The third kappa shape index (κ3) is 3.61. The molecule has 4 N–H and O–H groups in total. The molecule has 0 unspecified atom stereocenters. The first-order chi connectivity index (χ1) is 15.1. The molecule has 156 valence electrons. The predicted octanol–water partition coefficient (Wildman–Crippen LogP) is 4.74. The molecule has 0 radical (unpaired) electrons. The average Bonchev–Trinajstić information content (AvgIpc) is 3.13. The summed E-state index contributed by atoms with van der Waals surface area (Å²) in [6.45, 7) is 3.63. The number of carbonyl (C=O) groups is 1. The van der Waals surface area contributed by atoms with E-state index in [0.717, 1.165) is 57.1 Å². The summed E-state index contributed by atoms with van der Waals surface area (Å²) in [7, 11) is 0. The lowest BCUT2D eigenvalue weighted by molar-refractivity contribution is 0.100. The molecule has 0 atom stereocenters. The Hall–Kier alpha value is -3.45. The first-order valence-electron chi connectivity index (χ1n) is 10.4. The molecule has 5 rings (SSSR count). The van der Waals surface area contributed by atoms with Gasteiger partial charge < -0.3 is 16.4 Å². The van der Waals surface area contributed by atoms with E-state index < -0.39 is 5.91 Å². The van der Waals surface area contributed by atoms with Crippen LogP contribution < -0.4 is 16.4 Å². The van der Waals surface area contributed by atoms with Crippen LogP contribution in [0.5, 0.6) is 0 Å². The van der Waals surface area contributed by atoms with Gasteiger partial charge in [-0.15, -0.1) is 11.3 Å². The number of hydrogen-bond donors (Lipinski definition) is 3. The van der Waals surface area contributed by atoms with E-state index >= 15 is 0 Å². The second kappa shape index (κ2) is 8.00. The SMILES string of the molecule is Cc1sc2c(C(N)=O)cccc2c1-c1nc2c(c(NCc3ccccc3)n1)CCCN2. The second-order valence-electron chi connectivity index (χ2n) is 7.67. The molecule has 0 bridgehead atoms. The monoisotopic (exact) mass is 429 g/mol. The molecule has 0 saturated carbocycles. The summed E-state index contributed by atoms with van der Waals surface area (Å²) in [6, 6.07) is 15.9. The quantitative estimate of drug-likeness (QED) is 0.426. The fourth-order valence-electron chi connectivity index (χ4n) is 4.09. The number of nitrogens with zero attached hydrogens (tertiary/aromatic N) is 2. The van der Waals surface area contributed by atoms with Gasteiger partial charge in [-0.2, -0.15) is 0 Å². The largest absolute Gasteiger partial charge is 0.370 e. The smallest absolute Gasteiger partial charge is 0.250 e. The van der Waals surface area contributed by atoms with Crippen molar-refractivity contribution < 1.29 is 4.79 Å². The van der Waals surface area contributed by atoms with Crippen LogP contribution >= 0.6 is 11.3 Å². The number of nitrogens with two attached hydrogens (primary N) is 1. The van der Waals surface area contributed by atoms with E-state index in [2.05, 4.69) is 22.8 Å². The van der Waals surface area contributed by atoms with E-state index in [-0.39, 0.29) is 0 Å². The van der Waals surface area contributed by atoms with Crippen LogP contribution in [0.3, 0.4) is 0 Å². The van der Waals surface area contributed by atoms with Crippen molar-refractivity contribution in [3.8, 4) is 11.4 Å². The number of amides is 1. The number of fused-ring (bicyclic) bond motifs is 2. The Morgan fingerprint density at radius 2 is 2.00 bits per heavy atom. The van der Waals surface area contributed by atoms with Gasteiger partial charge in [0.05, 0.1) is 5.56 Å². The minimum absolute atomic E-state index is 0.420. The lowest BCUT2D eigenvalue weighted by Crippen LogP contribution is -2.17. The highest BCUT2D eigenvalue weighted by molar-refractivity contribution is 7.20. The molecule has 31 heavy (non-hydrogen) atoms. The molecule has 3 heterocycles. The Balaban J connectivity index is 1.62. The van der Waals surface area contributed by atoms with Gasteiger partial charge in [-0.05, 0) is 31.4 Å². The van der Waals surface area contributed by atoms with Gasteiger partial charge in [-0.1, -0.05) is 42.5 Å². The highest BCUT2D eigenvalue weighted by Crippen LogP contribution is 2.40. The molecule has 0 aliphatic carbocycles. The maximum Gasteiger partial charge on any atom is 0.250 e. The van der Waals surface area contributed by atoms with Gasteiger partial charge >= 0.3 is 0 Å². The Labute approximate surface area is 184 Å². The fraction of sp³-hybridized carbons (Fsp3) is 0.208. The van der Waals surface area contributed by atoms with Crippen LogP contribution in [0.2, 0.25) is 0 Å². The normalized spacial score (nSPS) is 12.9. The maximum absolute atomic E-state index is 11.9. The molecule has 7 heteroatoms. The summed E-state index contributed by atoms with van der Waals surface area (Å²) < 4.78 is 0.885. The summed E-state index contributed by atoms with van der Waals surface area (Å²) in [5, 5.41) is 7.93. The molecule has 6 nitrogen and oxygen atoms in total. The van der Waals surface area contributed by atoms with Crippen molar-refractivity contribution in [1.82, 2.24) is 9.97 Å². The van der Waals surface area contributed by atoms with Crippen LogP contribution in [0.25, 0.3) is 21.5 Å². The van der Waals surface area contributed by atoms with E-state index in [1.807, 2.05) is 37.3 Å². The Bertz CT molecular complexity index is 1280. The highest BCUT2D eigenvalue weighted by Gasteiger charge is 2.22. The van der Waals surface area contributed by atoms with Crippen LogP contribution in [0, 0.1) is 6.92 Å². The summed E-state index contributed by atoms with van der Waals surface area (Å²) in [6.07, 6.45) is 1.99. The van der Waals surface area contributed by atoms with Gasteiger partial charge in [-0.25, -0.2) is 9.97 Å². The minimum atomic E-state index is -0.420. The van der Waals surface area contributed by atoms with Crippen molar-refractivity contribution in [2.45, 2.75) is 26.3 Å². The molecule has 1 amide bonds. The van der Waals surface area contributed by atoms with E-state index in [4.69, 9.17) is 15.7 Å². The lowest BCUT2D eigenvalue weighted by Gasteiger charge is -2.21. The number of rotatable bonds is 5. The standard InChI is InChI=1S/C24H23N5OS/c1-14-19(16-9-5-10-17(21(25)30)20(16)31-14)24-28-22-18(11-6-12-26-22)23(29-24)27-13-15-7-3-2-4-8-15/h2-5,7-10H,6,11-13H2,1H3,(H2,25,30)(H2,26,27,28,29). The van der Waals surface area contributed by atoms with Crippen LogP contribution in [0.1, 0.15) is 32.8 Å². The lowest BCUT2D eigenvalue weighted by atomic mass is 10.0. The zero-order chi connectivity index (χ0) is 21.4. The summed E-state index contributed by atoms with van der Waals surface area (Å²) >= 11 is 1.56. The Morgan fingerprint density at radius 3 is 2.81 bits per heavy atom. The van der Waals surface area contributed by atoms with Crippen molar-refractivity contribution in [3.05, 3.63) is 70.1 Å². The van der Waals surface area contributed by atoms with Crippen molar-refractivity contribution in [1.29, 1.82) is 0 Å². The molecule has 4 aromatic rings. The van der Waals surface area contributed by atoms with E-state index in [0.29, 0.717) is 17.9 Å². The number of carbonyl (C=O) groups excluding carboxylic acids is 1. The van der Waals surface area contributed by atoms with Crippen molar-refractivity contribution in [3.63, 3.8) is 0 Å². The minimum Gasteiger partial charge on any atom is -0.370 e. The zero-order valence-corrected chi connectivity index (χ0v) is 18.1.